The Kier molecular flexibility index (Phi) is 4.60. The van der Waals surface area contributed by atoms with Crippen molar-refractivity contribution in [3.05, 3.63) is 24.2 Å². The second-order valence-electron chi connectivity index (χ2n) is 6.21. The van der Waals surface area contributed by atoms with Gasteiger partial charge in [0.2, 0.25) is 5.91 Å². The number of carbonyl (C=O) groups is 1. The minimum absolute atomic E-state index is 0.207. The molecule has 116 valence electrons. The predicted molar refractivity (Wildman–Crippen MR) is 80.9 cm³/mol. The lowest BCUT2D eigenvalue weighted by Gasteiger charge is -2.38. The van der Waals surface area contributed by atoms with Crippen LogP contribution in [0.25, 0.3) is 0 Å². The highest BCUT2D eigenvalue weighted by Crippen LogP contribution is 2.26. The van der Waals surface area contributed by atoms with E-state index >= 15 is 0 Å². The van der Waals surface area contributed by atoms with Crippen molar-refractivity contribution in [1.29, 1.82) is 0 Å². The maximum Gasteiger partial charge on any atom is 0.247 e. The Hall–Kier alpha value is -1.33. The largest absolute Gasteiger partial charge is 0.467 e. The fraction of sp³-hybridized carbons (Fsp3) is 0.688. The zero-order valence-electron chi connectivity index (χ0n) is 12.8. The molecule has 2 saturated heterocycles. The van der Waals surface area contributed by atoms with Crippen LogP contribution in [0.1, 0.15) is 31.6 Å². The molecule has 0 spiro atoms. The van der Waals surface area contributed by atoms with Crippen LogP contribution in [0.5, 0.6) is 0 Å². The van der Waals surface area contributed by atoms with Crippen LogP contribution in [0.4, 0.5) is 0 Å². The number of hydrogen-bond acceptors (Lipinski definition) is 4. The van der Waals surface area contributed by atoms with Gasteiger partial charge in [-0.1, -0.05) is 6.92 Å². The first kappa shape index (κ1) is 14.6. The number of nitrogens with zero attached hydrogens (tertiary/aromatic N) is 2. The number of amides is 1. The molecule has 1 atom stereocenters. The second-order valence-corrected chi connectivity index (χ2v) is 6.21. The van der Waals surface area contributed by atoms with Gasteiger partial charge in [0.25, 0.3) is 0 Å². The third-order valence-corrected chi connectivity index (χ3v) is 4.66. The first-order valence-electron chi connectivity index (χ1n) is 8.02. The van der Waals surface area contributed by atoms with Gasteiger partial charge in [0.05, 0.1) is 6.26 Å². The summed E-state index contributed by atoms with van der Waals surface area (Å²) >= 11 is 0. The Bertz CT molecular complexity index is 446. The standard InChI is InChI=1S/C16H25N3O2/c1-13-4-8-19(9-5-13)16(20)15(14-3-2-12-21-14)18-10-6-17-7-11-18/h2-3,12-13,15,17H,4-11H2,1H3. The smallest absolute Gasteiger partial charge is 0.247 e. The maximum atomic E-state index is 13.0. The summed E-state index contributed by atoms with van der Waals surface area (Å²) < 4.78 is 5.57. The van der Waals surface area contributed by atoms with Crippen molar-refractivity contribution in [3.8, 4) is 0 Å². The summed E-state index contributed by atoms with van der Waals surface area (Å²) in [6.07, 6.45) is 3.88. The minimum atomic E-state index is -0.254. The van der Waals surface area contributed by atoms with Crippen molar-refractivity contribution in [2.45, 2.75) is 25.8 Å². The number of rotatable bonds is 3. The van der Waals surface area contributed by atoms with Crippen molar-refractivity contribution in [1.82, 2.24) is 15.1 Å². The molecule has 1 aromatic heterocycles. The maximum absolute atomic E-state index is 13.0. The lowest BCUT2D eigenvalue weighted by Crippen LogP contribution is -2.51. The number of nitrogens with one attached hydrogen (secondary N) is 1. The molecule has 1 amide bonds. The summed E-state index contributed by atoms with van der Waals surface area (Å²) in [5.74, 6) is 1.72. The van der Waals surface area contributed by atoms with Crippen molar-refractivity contribution in [3.63, 3.8) is 0 Å². The molecule has 3 rings (SSSR count). The number of piperidine rings is 1. The van der Waals surface area contributed by atoms with Crippen LogP contribution in [0.3, 0.4) is 0 Å². The molecular weight excluding hydrogens is 266 g/mol. The van der Waals surface area contributed by atoms with Crippen LogP contribution in [0.2, 0.25) is 0 Å². The molecule has 0 radical (unpaired) electrons. The van der Waals surface area contributed by atoms with Gasteiger partial charge in [-0.05, 0) is 30.9 Å². The molecule has 0 saturated carbocycles. The van der Waals surface area contributed by atoms with Crippen LogP contribution in [-0.2, 0) is 4.79 Å². The van der Waals surface area contributed by atoms with Gasteiger partial charge in [-0.3, -0.25) is 9.69 Å². The van der Waals surface area contributed by atoms with E-state index in [9.17, 15) is 4.79 Å². The predicted octanol–water partition coefficient (Wildman–Crippen LogP) is 1.48. The molecule has 3 heterocycles. The normalized spacial score (nSPS) is 23.2. The zero-order chi connectivity index (χ0) is 14.7. The number of hydrogen-bond donors (Lipinski definition) is 1. The Morgan fingerprint density at radius 1 is 1.29 bits per heavy atom. The van der Waals surface area contributed by atoms with Gasteiger partial charge in [-0.15, -0.1) is 0 Å². The topological polar surface area (TPSA) is 48.7 Å². The number of furan rings is 1. The SMILES string of the molecule is CC1CCN(C(=O)C(c2ccco2)N2CCNCC2)CC1. The van der Waals surface area contributed by atoms with E-state index in [0.29, 0.717) is 0 Å². The van der Waals surface area contributed by atoms with Gasteiger partial charge in [0, 0.05) is 39.3 Å². The van der Waals surface area contributed by atoms with Crippen LogP contribution in [0.15, 0.2) is 22.8 Å². The molecular formula is C16H25N3O2. The average Bonchev–Trinajstić information content (AvgIpc) is 3.03. The van der Waals surface area contributed by atoms with Gasteiger partial charge >= 0.3 is 0 Å². The molecule has 5 heteroatoms. The van der Waals surface area contributed by atoms with E-state index in [1.807, 2.05) is 17.0 Å². The van der Waals surface area contributed by atoms with E-state index in [1.165, 1.54) is 0 Å². The molecule has 0 aliphatic carbocycles. The average molecular weight is 291 g/mol. The van der Waals surface area contributed by atoms with Gasteiger partial charge < -0.3 is 14.6 Å². The number of likely N-dealkylation sites (tertiary alicyclic amines) is 1. The van der Waals surface area contributed by atoms with Crippen molar-refractivity contribution in [2.75, 3.05) is 39.3 Å². The number of carbonyl (C=O) groups excluding carboxylic acids is 1. The highest BCUT2D eigenvalue weighted by atomic mass is 16.3. The summed E-state index contributed by atoms with van der Waals surface area (Å²) in [5, 5.41) is 3.34. The van der Waals surface area contributed by atoms with E-state index in [4.69, 9.17) is 4.42 Å². The molecule has 5 nitrogen and oxygen atoms in total. The molecule has 1 N–H and O–H groups in total. The van der Waals surface area contributed by atoms with E-state index in [0.717, 1.165) is 63.8 Å². The summed E-state index contributed by atoms with van der Waals surface area (Å²) in [6, 6.07) is 3.54. The summed E-state index contributed by atoms with van der Waals surface area (Å²) in [7, 11) is 0. The summed E-state index contributed by atoms with van der Waals surface area (Å²) in [6.45, 7) is 7.67. The molecule has 2 aliphatic rings. The fourth-order valence-corrected chi connectivity index (χ4v) is 3.25. The van der Waals surface area contributed by atoms with Crippen LogP contribution < -0.4 is 5.32 Å². The van der Waals surface area contributed by atoms with E-state index in [1.54, 1.807) is 6.26 Å². The Balaban J connectivity index is 1.76. The second kappa shape index (κ2) is 6.62. The molecule has 2 aliphatic heterocycles. The number of piperazine rings is 1. The van der Waals surface area contributed by atoms with Crippen LogP contribution >= 0.6 is 0 Å². The third kappa shape index (κ3) is 3.30. The third-order valence-electron chi connectivity index (χ3n) is 4.66. The molecule has 0 aromatic carbocycles. The van der Waals surface area contributed by atoms with Crippen molar-refractivity contribution >= 4 is 5.91 Å². The molecule has 2 fully saturated rings. The Labute approximate surface area is 126 Å². The van der Waals surface area contributed by atoms with Crippen LogP contribution in [-0.4, -0.2) is 55.0 Å². The van der Waals surface area contributed by atoms with Crippen molar-refractivity contribution in [2.24, 2.45) is 5.92 Å². The van der Waals surface area contributed by atoms with Gasteiger partial charge in [0.15, 0.2) is 0 Å². The summed E-state index contributed by atoms with van der Waals surface area (Å²) in [4.78, 5) is 17.3. The highest BCUT2D eigenvalue weighted by Gasteiger charge is 2.35. The van der Waals surface area contributed by atoms with E-state index in [-0.39, 0.29) is 11.9 Å². The quantitative estimate of drug-likeness (QED) is 0.916. The lowest BCUT2D eigenvalue weighted by molar-refractivity contribution is -0.139. The molecule has 1 aromatic rings. The Morgan fingerprint density at radius 2 is 2.00 bits per heavy atom. The van der Waals surface area contributed by atoms with Crippen LogP contribution in [0, 0.1) is 5.92 Å². The minimum Gasteiger partial charge on any atom is -0.467 e. The van der Waals surface area contributed by atoms with Gasteiger partial charge in [-0.2, -0.15) is 0 Å². The molecule has 1 unspecified atom stereocenters. The zero-order valence-corrected chi connectivity index (χ0v) is 12.8. The molecule has 21 heavy (non-hydrogen) atoms. The monoisotopic (exact) mass is 291 g/mol. The molecule has 0 bridgehead atoms. The Morgan fingerprint density at radius 3 is 2.62 bits per heavy atom. The van der Waals surface area contributed by atoms with E-state index < -0.39 is 0 Å². The lowest BCUT2D eigenvalue weighted by atomic mass is 9.98. The first-order chi connectivity index (χ1) is 10.3. The van der Waals surface area contributed by atoms with Gasteiger partial charge in [-0.25, -0.2) is 0 Å². The summed E-state index contributed by atoms with van der Waals surface area (Å²) in [5.41, 5.74) is 0. The first-order valence-corrected chi connectivity index (χ1v) is 8.02. The fourth-order valence-electron chi connectivity index (χ4n) is 3.25. The van der Waals surface area contributed by atoms with E-state index in [2.05, 4.69) is 17.1 Å². The van der Waals surface area contributed by atoms with Crippen molar-refractivity contribution < 1.29 is 9.21 Å². The highest BCUT2D eigenvalue weighted by molar-refractivity contribution is 5.82. The van der Waals surface area contributed by atoms with Gasteiger partial charge in [0.1, 0.15) is 11.8 Å².